The van der Waals surface area contributed by atoms with Crippen molar-refractivity contribution in [1.29, 1.82) is 0 Å². The van der Waals surface area contributed by atoms with E-state index in [1.807, 2.05) is 0 Å². The van der Waals surface area contributed by atoms with Crippen molar-refractivity contribution in [3.63, 3.8) is 0 Å². The maximum Gasteiger partial charge on any atom is 0.322 e. The molecule has 0 saturated heterocycles. The van der Waals surface area contributed by atoms with Crippen LogP contribution in [-0.4, -0.2) is 20.6 Å². The lowest BCUT2D eigenvalue weighted by molar-refractivity contribution is -0.385. The summed E-state index contributed by atoms with van der Waals surface area (Å²) in [5.41, 5.74) is 0.366. The van der Waals surface area contributed by atoms with Crippen molar-refractivity contribution in [1.82, 2.24) is 9.78 Å². The van der Waals surface area contributed by atoms with E-state index in [2.05, 4.69) is 26.3 Å². The molecule has 0 aliphatic heterocycles. The molecule has 1 N–H and O–H groups in total. The number of carbonyl (C=O) groups excluding carboxylic acids is 1. The number of amides is 1. The summed E-state index contributed by atoms with van der Waals surface area (Å²) in [5.74, 6) is -0.618. The number of rotatable bonds is 3. The summed E-state index contributed by atoms with van der Waals surface area (Å²) < 4.78 is 2.00. The Balaban J connectivity index is 2.38. The van der Waals surface area contributed by atoms with Gasteiger partial charge in [0.2, 0.25) is 5.69 Å². The first-order valence-electron chi connectivity index (χ1n) is 5.65. The number of carbonyl (C=O) groups is 1. The maximum absolute atomic E-state index is 12.1. The Labute approximate surface area is 122 Å². The number of benzene rings is 1. The molecule has 2 rings (SSSR count). The molecule has 1 aromatic heterocycles. The normalized spacial score (nSPS) is 10.3. The number of halogens is 1. The van der Waals surface area contributed by atoms with Gasteiger partial charge in [0.25, 0.3) is 5.91 Å². The van der Waals surface area contributed by atoms with Crippen molar-refractivity contribution < 1.29 is 9.72 Å². The Morgan fingerprint density at radius 3 is 2.70 bits per heavy atom. The molecule has 1 amide bonds. The second kappa shape index (κ2) is 5.41. The number of nitro groups is 1. The molecule has 0 unspecified atom stereocenters. The van der Waals surface area contributed by atoms with Crippen LogP contribution in [0.2, 0.25) is 0 Å². The fourth-order valence-corrected chi connectivity index (χ4v) is 2.10. The molecule has 0 bridgehead atoms. The Kier molecular flexibility index (Phi) is 3.84. The van der Waals surface area contributed by atoms with E-state index in [0.29, 0.717) is 15.9 Å². The van der Waals surface area contributed by atoms with Crippen LogP contribution in [0.15, 0.2) is 28.7 Å². The molecule has 1 aromatic carbocycles. The van der Waals surface area contributed by atoms with Crippen LogP contribution in [-0.2, 0) is 7.05 Å². The summed E-state index contributed by atoms with van der Waals surface area (Å²) >= 11 is 3.29. The number of para-hydroxylation sites is 1. The van der Waals surface area contributed by atoms with E-state index in [4.69, 9.17) is 0 Å². The number of anilines is 1. The first-order chi connectivity index (χ1) is 9.41. The highest BCUT2D eigenvalue weighted by atomic mass is 79.9. The van der Waals surface area contributed by atoms with Gasteiger partial charge in [-0.25, -0.2) is 0 Å². The number of hydrogen-bond donors (Lipinski definition) is 1. The van der Waals surface area contributed by atoms with Crippen LogP contribution in [0.25, 0.3) is 0 Å². The van der Waals surface area contributed by atoms with E-state index in [9.17, 15) is 14.9 Å². The minimum atomic E-state index is -0.618. The Morgan fingerprint density at radius 2 is 2.10 bits per heavy atom. The number of aryl methyl sites for hydroxylation is 1. The van der Waals surface area contributed by atoms with Crippen LogP contribution in [0, 0.1) is 17.0 Å². The fraction of sp³-hybridized carbons (Fsp3) is 0.167. The average molecular weight is 339 g/mol. The van der Waals surface area contributed by atoms with Crippen molar-refractivity contribution in [2.45, 2.75) is 6.92 Å². The zero-order valence-corrected chi connectivity index (χ0v) is 12.3. The third kappa shape index (κ3) is 2.55. The Bertz CT molecular complexity index is 696. The van der Waals surface area contributed by atoms with Crippen LogP contribution in [0.1, 0.15) is 16.2 Å². The molecule has 7 nitrogen and oxygen atoms in total. The molecule has 104 valence electrons. The summed E-state index contributed by atoms with van der Waals surface area (Å²) in [5, 5.41) is 17.5. The van der Waals surface area contributed by atoms with E-state index in [0.717, 1.165) is 0 Å². The van der Waals surface area contributed by atoms with E-state index in [-0.39, 0.29) is 11.4 Å². The van der Waals surface area contributed by atoms with Crippen LogP contribution in [0.3, 0.4) is 0 Å². The summed E-state index contributed by atoms with van der Waals surface area (Å²) in [6.45, 7) is 1.54. The molecule has 8 heteroatoms. The van der Waals surface area contributed by atoms with Gasteiger partial charge in [-0.05, 0) is 35.0 Å². The summed E-state index contributed by atoms with van der Waals surface area (Å²) in [6.07, 6.45) is 0. The van der Waals surface area contributed by atoms with Crippen LogP contribution in [0.5, 0.6) is 0 Å². The zero-order chi connectivity index (χ0) is 14.9. The lowest BCUT2D eigenvalue weighted by Crippen LogP contribution is -2.14. The largest absolute Gasteiger partial charge is 0.322 e. The van der Waals surface area contributed by atoms with Crippen molar-refractivity contribution in [3.8, 4) is 0 Å². The SMILES string of the molecule is Cc1c([N+](=O)[O-])c(C(=O)Nc2ccccc2Br)nn1C. The van der Waals surface area contributed by atoms with Gasteiger partial charge < -0.3 is 5.32 Å². The van der Waals surface area contributed by atoms with Gasteiger partial charge in [0.05, 0.1) is 10.6 Å². The topological polar surface area (TPSA) is 90.1 Å². The highest BCUT2D eigenvalue weighted by Crippen LogP contribution is 2.25. The van der Waals surface area contributed by atoms with Crippen LogP contribution < -0.4 is 5.32 Å². The molecule has 0 aliphatic rings. The number of nitrogens with zero attached hydrogens (tertiary/aromatic N) is 3. The average Bonchev–Trinajstić information content (AvgIpc) is 2.69. The lowest BCUT2D eigenvalue weighted by Gasteiger charge is -2.04. The van der Waals surface area contributed by atoms with E-state index in [1.54, 1.807) is 38.2 Å². The van der Waals surface area contributed by atoms with Crippen LogP contribution >= 0.6 is 15.9 Å². The molecule has 2 aromatic rings. The summed E-state index contributed by atoms with van der Waals surface area (Å²) in [7, 11) is 1.55. The Morgan fingerprint density at radius 1 is 1.45 bits per heavy atom. The second-order valence-corrected chi connectivity index (χ2v) is 4.95. The van der Waals surface area contributed by atoms with E-state index < -0.39 is 10.8 Å². The Hall–Kier alpha value is -2.22. The van der Waals surface area contributed by atoms with Gasteiger partial charge in [0.15, 0.2) is 0 Å². The fourth-order valence-electron chi connectivity index (χ4n) is 1.71. The minimum absolute atomic E-state index is 0.203. The van der Waals surface area contributed by atoms with Crippen LogP contribution in [0.4, 0.5) is 11.4 Å². The molecule has 0 fully saturated rings. The first kappa shape index (κ1) is 14.2. The minimum Gasteiger partial charge on any atom is -0.319 e. The molecular weight excluding hydrogens is 328 g/mol. The number of nitrogens with one attached hydrogen (secondary N) is 1. The third-order valence-electron chi connectivity index (χ3n) is 2.82. The first-order valence-corrected chi connectivity index (χ1v) is 6.45. The lowest BCUT2D eigenvalue weighted by atomic mass is 10.2. The third-order valence-corrected chi connectivity index (χ3v) is 3.51. The predicted octanol–water partition coefficient (Wildman–Crippen LogP) is 2.65. The quantitative estimate of drug-likeness (QED) is 0.688. The van der Waals surface area contributed by atoms with Crippen molar-refractivity contribution in [3.05, 3.63) is 50.2 Å². The van der Waals surface area contributed by atoms with Gasteiger partial charge in [-0.2, -0.15) is 5.10 Å². The molecule has 20 heavy (non-hydrogen) atoms. The highest BCUT2D eigenvalue weighted by Gasteiger charge is 2.29. The molecule has 0 radical (unpaired) electrons. The van der Waals surface area contributed by atoms with Crippen molar-refractivity contribution in [2.24, 2.45) is 7.05 Å². The van der Waals surface area contributed by atoms with Gasteiger partial charge >= 0.3 is 5.69 Å². The van der Waals surface area contributed by atoms with E-state index in [1.165, 1.54) is 4.68 Å². The van der Waals surface area contributed by atoms with Gasteiger partial charge in [0, 0.05) is 11.5 Å². The molecule has 0 saturated carbocycles. The number of hydrogen-bond acceptors (Lipinski definition) is 4. The molecular formula is C12H11BrN4O3. The maximum atomic E-state index is 12.1. The van der Waals surface area contributed by atoms with Gasteiger partial charge in [-0.15, -0.1) is 0 Å². The van der Waals surface area contributed by atoms with Gasteiger partial charge in [0.1, 0.15) is 5.69 Å². The zero-order valence-electron chi connectivity index (χ0n) is 10.8. The molecule has 1 heterocycles. The van der Waals surface area contributed by atoms with Crippen molar-refractivity contribution in [2.75, 3.05) is 5.32 Å². The number of aromatic nitrogens is 2. The molecule has 0 spiro atoms. The highest BCUT2D eigenvalue weighted by molar-refractivity contribution is 9.10. The molecule has 0 atom stereocenters. The monoisotopic (exact) mass is 338 g/mol. The van der Waals surface area contributed by atoms with Gasteiger partial charge in [-0.1, -0.05) is 12.1 Å². The summed E-state index contributed by atoms with van der Waals surface area (Å²) in [6, 6.07) is 6.99. The smallest absolute Gasteiger partial charge is 0.319 e. The van der Waals surface area contributed by atoms with Crippen molar-refractivity contribution >= 4 is 33.2 Å². The predicted molar refractivity (Wildman–Crippen MR) is 76.7 cm³/mol. The van der Waals surface area contributed by atoms with E-state index >= 15 is 0 Å². The summed E-state index contributed by atoms with van der Waals surface area (Å²) in [4.78, 5) is 22.6. The van der Waals surface area contributed by atoms with Gasteiger partial charge in [-0.3, -0.25) is 19.6 Å². The standard InChI is InChI=1S/C12H11BrN4O3/c1-7-11(17(19)20)10(15-16(7)2)12(18)14-9-6-4-3-5-8(9)13/h3-6H,1-2H3,(H,14,18). The second-order valence-electron chi connectivity index (χ2n) is 4.10. The molecule has 0 aliphatic carbocycles.